The van der Waals surface area contributed by atoms with Crippen LogP contribution < -0.4 is 11.5 Å². The Bertz CT molecular complexity index is 227. The molecule has 64 valence electrons. The highest BCUT2D eigenvalue weighted by Crippen LogP contribution is 2.18. The largest absolute Gasteiger partial charge is 0.397 e. The summed E-state index contributed by atoms with van der Waals surface area (Å²) in [6.07, 6.45) is 0. The summed E-state index contributed by atoms with van der Waals surface area (Å²) >= 11 is 5.58. The Labute approximate surface area is 82.7 Å². The maximum absolute atomic E-state index is 5.58. The lowest BCUT2D eigenvalue weighted by Gasteiger charge is -1.97. The molecule has 0 amide bonds. The van der Waals surface area contributed by atoms with E-state index < -0.39 is 0 Å². The van der Waals surface area contributed by atoms with Gasteiger partial charge >= 0.3 is 0 Å². The van der Waals surface area contributed by atoms with Gasteiger partial charge in [0.25, 0.3) is 0 Å². The summed E-state index contributed by atoms with van der Waals surface area (Å²) < 4.78 is 0. The van der Waals surface area contributed by atoms with Gasteiger partial charge in [-0.05, 0) is 18.2 Å². The van der Waals surface area contributed by atoms with Crippen LogP contribution in [0.3, 0.4) is 0 Å². The molecule has 0 radical (unpaired) electrons. The molecule has 0 saturated carbocycles. The number of hydrogen-bond donors (Lipinski definition) is 2. The van der Waals surface area contributed by atoms with E-state index in [0.29, 0.717) is 16.4 Å². The van der Waals surface area contributed by atoms with E-state index in [4.69, 9.17) is 23.1 Å². The van der Waals surface area contributed by atoms with Gasteiger partial charge in [0.05, 0.1) is 11.4 Å². The Hall–Kier alpha value is -0.310. The Morgan fingerprint density at radius 1 is 1.00 bits per heavy atom. The SMILES string of the molecule is Cl.Cl.Nc1ccc(Cl)cc1N. The normalized spacial score (nSPS) is 7.73. The maximum atomic E-state index is 5.58. The second-order valence-corrected chi connectivity index (χ2v) is 2.21. The average Bonchev–Trinajstić information content (AvgIpc) is 1.80. The Morgan fingerprint density at radius 3 is 1.91 bits per heavy atom. The fourth-order valence-corrected chi connectivity index (χ4v) is 0.726. The van der Waals surface area contributed by atoms with Crippen molar-refractivity contribution in [1.29, 1.82) is 0 Å². The summed E-state index contributed by atoms with van der Waals surface area (Å²) in [5, 5.41) is 0.613. The Kier molecular flexibility index (Phi) is 6.47. The number of benzene rings is 1. The fraction of sp³-hybridized carbons (Fsp3) is 0. The molecule has 1 aromatic carbocycles. The van der Waals surface area contributed by atoms with Crippen LogP contribution in [0.1, 0.15) is 0 Å². The molecule has 2 nitrogen and oxygen atoms in total. The third-order valence-electron chi connectivity index (χ3n) is 1.05. The van der Waals surface area contributed by atoms with Crippen molar-refractivity contribution in [3.8, 4) is 0 Å². The van der Waals surface area contributed by atoms with Crippen LogP contribution in [-0.2, 0) is 0 Å². The monoisotopic (exact) mass is 214 g/mol. The van der Waals surface area contributed by atoms with Crippen molar-refractivity contribution in [2.75, 3.05) is 11.5 Å². The number of nitrogens with two attached hydrogens (primary N) is 2. The molecule has 0 bridgehead atoms. The third-order valence-corrected chi connectivity index (χ3v) is 1.28. The molecular formula is C6H9Cl3N2. The zero-order chi connectivity index (χ0) is 6.85. The van der Waals surface area contributed by atoms with E-state index in [1.54, 1.807) is 18.2 Å². The van der Waals surface area contributed by atoms with Crippen LogP contribution in [-0.4, -0.2) is 0 Å². The van der Waals surface area contributed by atoms with Crippen LogP contribution in [0.25, 0.3) is 0 Å². The average molecular weight is 216 g/mol. The van der Waals surface area contributed by atoms with E-state index in [9.17, 15) is 0 Å². The summed E-state index contributed by atoms with van der Waals surface area (Å²) in [5.74, 6) is 0. The Morgan fingerprint density at radius 2 is 1.55 bits per heavy atom. The highest BCUT2D eigenvalue weighted by atomic mass is 35.5. The second kappa shape index (κ2) is 5.35. The van der Waals surface area contributed by atoms with E-state index in [2.05, 4.69) is 0 Å². The van der Waals surface area contributed by atoms with Gasteiger partial charge < -0.3 is 11.5 Å². The number of rotatable bonds is 0. The van der Waals surface area contributed by atoms with Crippen molar-refractivity contribution in [1.82, 2.24) is 0 Å². The molecule has 0 saturated heterocycles. The van der Waals surface area contributed by atoms with Crippen molar-refractivity contribution in [3.05, 3.63) is 23.2 Å². The molecule has 0 atom stereocenters. The molecule has 5 heteroatoms. The van der Waals surface area contributed by atoms with E-state index >= 15 is 0 Å². The topological polar surface area (TPSA) is 52.0 Å². The van der Waals surface area contributed by atoms with Crippen molar-refractivity contribution < 1.29 is 0 Å². The molecule has 0 aromatic heterocycles. The van der Waals surface area contributed by atoms with Crippen LogP contribution in [0.15, 0.2) is 18.2 Å². The van der Waals surface area contributed by atoms with Gasteiger partial charge in [0.15, 0.2) is 0 Å². The van der Waals surface area contributed by atoms with E-state index in [0.717, 1.165) is 0 Å². The van der Waals surface area contributed by atoms with Crippen LogP contribution in [0.4, 0.5) is 11.4 Å². The lowest BCUT2D eigenvalue weighted by atomic mass is 10.3. The molecule has 0 heterocycles. The first kappa shape index (κ1) is 13.3. The summed E-state index contributed by atoms with van der Waals surface area (Å²) in [6.45, 7) is 0. The zero-order valence-corrected chi connectivity index (χ0v) is 7.97. The van der Waals surface area contributed by atoms with Gasteiger partial charge in [-0.2, -0.15) is 0 Å². The molecule has 4 N–H and O–H groups in total. The van der Waals surface area contributed by atoms with Crippen LogP contribution in [0.2, 0.25) is 5.02 Å². The number of halogens is 3. The van der Waals surface area contributed by atoms with Gasteiger partial charge in [-0.15, -0.1) is 24.8 Å². The van der Waals surface area contributed by atoms with E-state index in [1.165, 1.54) is 0 Å². The molecule has 0 aliphatic carbocycles. The zero-order valence-electron chi connectivity index (χ0n) is 5.58. The predicted octanol–water partition coefficient (Wildman–Crippen LogP) is 2.35. The molecular weight excluding hydrogens is 206 g/mol. The standard InChI is InChI=1S/C6H7ClN2.2ClH/c7-4-1-2-5(8)6(9)3-4;;/h1-3H,8-9H2;2*1H. The molecule has 11 heavy (non-hydrogen) atoms. The summed E-state index contributed by atoms with van der Waals surface area (Å²) in [5.41, 5.74) is 11.9. The molecule has 0 aliphatic heterocycles. The summed E-state index contributed by atoms with van der Waals surface area (Å²) in [7, 11) is 0. The second-order valence-electron chi connectivity index (χ2n) is 1.77. The van der Waals surface area contributed by atoms with Crippen LogP contribution >= 0.6 is 36.4 Å². The maximum Gasteiger partial charge on any atom is 0.0562 e. The lowest BCUT2D eigenvalue weighted by Crippen LogP contribution is -1.92. The summed E-state index contributed by atoms with van der Waals surface area (Å²) in [6, 6.07) is 5.00. The first-order valence-corrected chi connectivity index (χ1v) is 2.88. The van der Waals surface area contributed by atoms with Gasteiger partial charge in [-0.1, -0.05) is 11.6 Å². The molecule has 1 aromatic rings. The van der Waals surface area contributed by atoms with Gasteiger partial charge in [-0.3, -0.25) is 0 Å². The van der Waals surface area contributed by atoms with Gasteiger partial charge in [0, 0.05) is 5.02 Å². The predicted molar refractivity (Wildman–Crippen MR) is 54.8 cm³/mol. The van der Waals surface area contributed by atoms with E-state index in [-0.39, 0.29) is 24.8 Å². The quantitative estimate of drug-likeness (QED) is 0.653. The van der Waals surface area contributed by atoms with Gasteiger partial charge in [0.1, 0.15) is 0 Å². The molecule has 0 unspecified atom stereocenters. The van der Waals surface area contributed by atoms with Gasteiger partial charge in [-0.25, -0.2) is 0 Å². The number of nitrogen functional groups attached to an aromatic ring is 2. The molecule has 0 aliphatic rings. The highest BCUT2D eigenvalue weighted by molar-refractivity contribution is 6.31. The minimum Gasteiger partial charge on any atom is -0.397 e. The number of hydrogen-bond acceptors (Lipinski definition) is 2. The third kappa shape index (κ3) is 3.56. The minimum atomic E-state index is 0. The lowest BCUT2D eigenvalue weighted by molar-refractivity contribution is 1.66. The van der Waals surface area contributed by atoms with Crippen molar-refractivity contribution in [3.63, 3.8) is 0 Å². The van der Waals surface area contributed by atoms with Crippen LogP contribution in [0, 0.1) is 0 Å². The fourth-order valence-electron chi connectivity index (χ4n) is 0.546. The van der Waals surface area contributed by atoms with Crippen molar-refractivity contribution >= 4 is 47.8 Å². The van der Waals surface area contributed by atoms with Gasteiger partial charge in [0.2, 0.25) is 0 Å². The van der Waals surface area contributed by atoms with Crippen molar-refractivity contribution in [2.45, 2.75) is 0 Å². The van der Waals surface area contributed by atoms with Crippen LogP contribution in [0.5, 0.6) is 0 Å². The number of anilines is 2. The Balaban J connectivity index is 0. The molecule has 0 spiro atoms. The highest BCUT2D eigenvalue weighted by Gasteiger charge is 1.91. The first-order valence-electron chi connectivity index (χ1n) is 2.50. The smallest absolute Gasteiger partial charge is 0.0562 e. The molecule has 1 rings (SSSR count). The minimum absolute atomic E-state index is 0. The summed E-state index contributed by atoms with van der Waals surface area (Å²) in [4.78, 5) is 0. The van der Waals surface area contributed by atoms with E-state index in [1.807, 2.05) is 0 Å². The van der Waals surface area contributed by atoms with Crippen molar-refractivity contribution in [2.24, 2.45) is 0 Å². The first-order chi connectivity index (χ1) is 4.20. The molecule has 0 fully saturated rings.